The predicted molar refractivity (Wildman–Crippen MR) is 65.2 cm³/mol. The number of rotatable bonds is 4. The number of carboxylic acids is 1. The Labute approximate surface area is 101 Å². The second-order valence-electron chi connectivity index (χ2n) is 5.24. The molecular weight excluding hydrogens is 214 g/mol. The number of hydrogen-bond donors (Lipinski definition) is 1. The maximum Gasteiger partial charge on any atom is 0.335 e. The summed E-state index contributed by atoms with van der Waals surface area (Å²) in [5.74, 6) is 0.117. The molecule has 1 aromatic rings. The van der Waals surface area contributed by atoms with Gasteiger partial charge in [0, 0.05) is 19.1 Å². The van der Waals surface area contributed by atoms with E-state index in [2.05, 4.69) is 4.90 Å². The van der Waals surface area contributed by atoms with Crippen LogP contribution in [0.2, 0.25) is 0 Å². The monoisotopic (exact) mass is 231 g/mol. The molecule has 90 valence electrons. The highest BCUT2D eigenvalue weighted by atomic mass is 16.4. The lowest BCUT2D eigenvalue weighted by atomic mass is 9.86. The van der Waals surface area contributed by atoms with Crippen molar-refractivity contribution < 1.29 is 9.90 Å². The third-order valence-corrected chi connectivity index (χ3v) is 4.11. The number of nitrogens with zero attached hydrogens (tertiary/aromatic N) is 1. The van der Waals surface area contributed by atoms with E-state index in [0.29, 0.717) is 5.56 Å². The van der Waals surface area contributed by atoms with Gasteiger partial charge in [0.1, 0.15) is 0 Å². The molecular formula is C14H17NO2. The molecule has 17 heavy (non-hydrogen) atoms. The van der Waals surface area contributed by atoms with Crippen LogP contribution in [-0.2, 0) is 6.42 Å². The fourth-order valence-electron chi connectivity index (χ4n) is 2.99. The van der Waals surface area contributed by atoms with E-state index in [1.165, 1.54) is 24.9 Å². The first-order valence-corrected chi connectivity index (χ1v) is 6.28. The van der Waals surface area contributed by atoms with Crippen LogP contribution < -0.4 is 0 Å². The second-order valence-corrected chi connectivity index (χ2v) is 5.24. The molecule has 3 fully saturated rings. The molecule has 1 aliphatic carbocycles. The van der Waals surface area contributed by atoms with E-state index < -0.39 is 5.97 Å². The molecule has 1 aromatic carbocycles. The summed E-state index contributed by atoms with van der Waals surface area (Å²) in [6.45, 7) is 2.39. The average Bonchev–Trinajstić information content (AvgIpc) is 2.85. The minimum Gasteiger partial charge on any atom is -0.478 e. The third-order valence-electron chi connectivity index (χ3n) is 4.11. The molecule has 3 heteroatoms. The summed E-state index contributed by atoms with van der Waals surface area (Å²) < 4.78 is 0. The van der Waals surface area contributed by atoms with E-state index in [0.717, 1.165) is 24.9 Å². The van der Waals surface area contributed by atoms with Gasteiger partial charge in [-0.05, 0) is 42.9 Å². The Bertz CT molecular complexity index is 420. The number of carboxylic acid groups (broad SMARTS) is 1. The summed E-state index contributed by atoms with van der Waals surface area (Å²) in [6.07, 6.45) is 3.83. The quantitative estimate of drug-likeness (QED) is 0.862. The van der Waals surface area contributed by atoms with Crippen LogP contribution in [0.4, 0.5) is 0 Å². The highest BCUT2D eigenvalue weighted by molar-refractivity contribution is 5.87. The van der Waals surface area contributed by atoms with Crippen molar-refractivity contribution in [3.8, 4) is 0 Å². The minimum absolute atomic E-state index is 0.372. The highest BCUT2D eigenvalue weighted by Crippen LogP contribution is 2.40. The van der Waals surface area contributed by atoms with Crippen molar-refractivity contribution in [2.45, 2.75) is 25.3 Å². The number of fused-ring (bicyclic) bond motifs is 1. The number of benzene rings is 1. The summed E-state index contributed by atoms with van der Waals surface area (Å²) in [6, 6.07) is 8.11. The Hall–Kier alpha value is -1.35. The Balaban J connectivity index is 1.56. The van der Waals surface area contributed by atoms with Crippen molar-refractivity contribution >= 4 is 5.97 Å². The van der Waals surface area contributed by atoms with Gasteiger partial charge in [-0.1, -0.05) is 12.1 Å². The molecule has 4 rings (SSSR count). The Morgan fingerprint density at radius 1 is 1.29 bits per heavy atom. The molecule has 3 aliphatic rings. The molecule has 0 amide bonds. The van der Waals surface area contributed by atoms with E-state index in [1.54, 1.807) is 12.1 Å². The summed E-state index contributed by atoms with van der Waals surface area (Å²) in [5.41, 5.74) is 1.61. The van der Waals surface area contributed by atoms with Gasteiger partial charge >= 0.3 is 5.97 Å². The van der Waals surface area contributed by atoms with E-state index in [1.807, 2.05) is 12.1 Å². The average molecular weight is 231 g/mol. The predicted octanol–water partition coefficient (Wildman–Crippen LogP) is 2.02. The molecule has 2 saturated heterocycles. The molecule has 0 spiro atoms. The van der Waals surface area contributed by atoms with Crippen molar-refractivity contribution in [1.29, 1.82) is 0 Å². The largest absolute Gasteiger partial charge is 0.478 e. The zero-order chi connectivity index (χ0) is 11.8. The van der Waals surface area contributed by atoms with Gasteiger partial charge in [0.15, 0.2) is 0 Å². The van der Waals surface area contributed by atoms with E-state index >= 15 is 0 Å². The first kappa shape index (κ1) is 10.8. The number of hydrogen-bond acceptors (Lipinski definition) is 2. The summed E-state index contributed by atoms with van der Waals surface area (Å²) in [5, 5.41) is 8.81. The van der Waals surface area contributed by atoms with Gasteiger partial charge in [0.25, 0.3) is 0 Å². The topological polar surface area (TPSA) is 40.5 Å². The molecule has 2 aliphatic heterocycles. The lowest BCUT2D eigenvalue weighted by Gasteiger charge is -2.25. The van der Waals surface area contributed by atoms with Crippen molar-refractivity contribution in [1.82, 2.24) is 4.90 Å². The van der Waals surface area contributed by atoms with Crippen LogP contribution in [0.1, 0.15) is 28.8 Å². The third kappa shape index (κ3) is 2.07. The first-order valence-electron chi connectivity index (χ1n) is 6.28. The summed E-state index contributed by atoms with van der Waals surface area (Å²) in [7, 11) is 0. The molecule has 3 nitrogen and oxygen atoms in total. The number of carbonyl (C=O) groups is 1. The lowest BCUT2D eigenvalue weighted by Crippen LogP contribution is -2.30. The molecule has 1 saturated carbocycles. The molecule has 2 heterocycles. The SMILES string of the molecule is O=C(O)c1ccc(CCN2CC3CC2C3)cc1. The molecule has 0 aromatic heterocycles. The van der Waals surface area contributed by atoms with Crippen molar-refractivity contribution in [3.05, 3.63) is 35.4 Å². The normalized spacial score (nSPS) is 26.8. The fraction of sp³-hybridized carbons (Fsp3) is 0.500. The van der Waals surface area contributed by atoms with Crippen LogP contribution in [-0.4, -0.2) is 35.1 Å². The van der Waals surface area contributed by atoms with Crippen LogP contribution in [0.5, 0.6) is 0 Å². The van der Waals surface area contributed by atoms with Crippen LogP contribution >= 0.6 is 0 Å². The van der Waals surface area contributed by atoms with Crippen molar-refractivity contribution in [2.75, 3.05) is 13.1 Å². The zero-order valence-corrected chi connectivity index (χ0v) is 9.80. The Kier molecular flexibility index (Phi) is 2.63. The molecule has 0 atom stereocenters. The summed E-state index contributed by atoms with van der Waals surface area (Å²) >= 11 is 0. The Morgan fingerprint density at radius 2 is 2.00 bits per heavy atom. The van der Waals surface area contributed by atoms with Crippen LogP contribution in [0.25, 0.3) is 0 Å². The van der Waals surface area contributed by atoms with Crippen LogP contribution in [0, 0.1) is 5.92 Å². The van der Waals surface area contributed by atoms with Gasteiger partial charge in [0.2, 0.25) is 0 Å². The molecule has 1 N–H and O–H groups in total. The first-order chi connectivity index (χ1) is 8.22. The standard InChI is InChI=1S/C14H17NO2/c16-14(17)12-3-1-10(2-4-12)5-6-15-9-11-7-13(15)8-11/h1-4,11,13H,5-9H2,(H,16,17). The van der Waals surface area contributed by atoms with Crippen molar-refractivity contribution in [2.24, 2.45) is 5.92 Å². The van der Waals surface area contributed by atoms with E-state index in [-0.39, 0.29) is 0 Å². The van der Waals surface area contributed by atoms with Gasteiger partial charge in [-0.2, -0.15) is 0 Å². The van der Waals surface area contributed by atoms with Gasteiger partial charge in [-0.25, -0.2) is 4.79 Å². The Morgan fingerprint density at radius 3 is 2.53 bits per heavy atom. The molecule has 0 unspecified atom stereocenters. The number of aromatic carboxylic acids is 1. The lowest BCUT2D eigenvalue weighted by molar-refractivity contribution is 0.0697. The van der Waals surface area contributed by atoms with Crippen LogP contribution in [0.15, 0.2) is 24.3 Å². The second kappa shape index (κ2) is 4.15. The summed E-state index contributed by atoms with van der Waals surface area (Å²) in [4.78, 5) is 13.3. The van der Waals surface area contributed by atoms with Crippen molar-refractivity contribution in [3.63, 3.8) is 0 Å². The molecule has 2 bridgehead atoms. The zero-order valence-electron chi connectivity index (χ0n) is 9.80. The minimum atomic E-state index is -0.850. The highest BCUT2D eigenvalue weighted by Gasteiger charge is 2.41. The van der Waals surface area contributed by atoms with Gasteiger partial charge in [-0.3, -0.25) is 4.90 Å². The van der Waals surface area contributed by atoms with Gasteiger partial charge < -0.3 is 5.11 Å². The fourth-order valence-corrected chi connectivity index (χ4v) is 2.99. The maximum absolute atomic E-state index is 10.7. The maximum atomic E-state index is 10.7. The smallest absolute Gasteiger partial charge is 0.335 e. The van der Waals surface area contributed by atoms with E-state index in [9.17, 15) is 4.79 Å². The van der Waals surface area contributed by atoms with Gasteiger partial charge in [-0.15, -0.1) is 0 Å². The van der Waals surface area contributed by atoms with Crippen LogP contribution in [0.3, 0.4) is 0 Å². The molecule has 0 radical (unpaired) electrons. The van der Waals surface area contributed by atoms with E-state index in [4.69, 9.17) is 5.11 Å². The van der Waals surface area contributed by atoms with Gasteiger partial charge in [0.05, 0.1) is 5.56 Å².